The molecule has 2 aliphatic carbocycles. The number of allylic oxidation sites excluding steroid dienone is 1. The zero-order valence-electron chi connectivity index (χ0n) is 16.7. The third-order valence-electron chi connectivity index (χ3n) is 7.32. The lowest BCUT2D eigenvalue weighted by molar-refractivity contribution is 0.161. The number of hydrogen-bond donors (Lipinski definition) is 0. The van der Waals surface area contributed by atoms with Gasteiger partial charge >= 0.3 is 0 Å². The summed E-state index contributed by atoms with van der Waals surface area (Å²) >= 11 is 0. The molecule has 0 radical (unpaired) electrons. The minimum Gasteiger partial charge on any atom is -0.103 e. The van der Waals surface area contributed by atoms with Crippen molar-refractivity contribution >= 4 is 0 Å². The number of hydrogen-bond acceptors (Lipinski definition) is 0. The molecule has 0 aliphatic heterocycles. The Morgan fingerprint density at radius 1 is 0.667 bits per heavy atom. The Balaban J connectivity index is 1.30. The van der Waals surface area contributed by atoms with Crippen molar-refractivity contribution < 1.29 is 0 Å². The molecule has 0 heterocycles. The summed E-state index contributed by atoms with van der Waals surface area (Å²) in [6.45, 7) is 3.92. The molecule has 2 aliphatic rings. The van der Waals surface area contributed by atoms with Gasteiger partial charge in [0.1, 0.15) is 0 Å². The molecule has 0 spiro atoms. The van der Waals surface area contributed by atoms with Crippen LogP contribution in [-0.4, -0.2) is 0 Å². The minimum absolute atomic E-state index is 0.781. The lowest BCUT2D eigenvalue weighted by Crippen LogP contribution is -2.25. The average molecular weight is 359 g/mol. The average Bonchev–Trinajstić information content (AvgIpc) is 2.75. The standard InChI is InChI=1S/C27H34/c1-2-6-21-9-11-23(12-10-21)25-17-19-27(20-18-25)26-15-13-24(14-16-26)22-7-4-3-5-8-22/h2-5,7-8,13-16,21,23,25,27H,1,6,9-12,17-20H2/t21-,23-,25?,27?. The van der Waals surface area contributed by atoms with Gasteiger partial charge in [0.15, 0.2) is 0 Å². The normalized spacial score (nSPS) is 28.6. The van der Waals surface area contributed by atoms with Crippen LogP contribution in [0, 0.1) is 17.8 Å². The van der Waals surface area contributed by atoms with E-state index < -0.39 is 0 Å². The lowest BCUT2D eigenvalue weighted by atomic mass is 9.68. The van der Waals surface area contributed by atoms with E-state index in [-0.39, 0.29) is 0 Å². The van der Waals surface area contributed by atoms with Crippen molar-refractivity contribution in [2.75, 3.05) is 0 Å². The maximum atomic E-state index is 3.92. The minimum atomic E-state index is 0.781. The van der Waals surface area contributed by atoms with E-state index in [0.29, 0.717) is 0 Å². The smallest absolute Gasteiger partial charge is 0.0162 e. The molecule has 0 heteroatoms. The van der Waals surface area contributed by atoms with Crippen molar-refractivity contribution in [3.8, 4) is 11.1 Å². The van der Waals surface area contributed by atoms with Crippen LogP contribution < -0.4 is 0 Å². The topological polar surface area (TPSA) is 0 Å². The summed E-state index contributed by atoms with van der Waals surface area (Å²) in [6, 6.07) is 20.1. The van der Waals surface area contributed by atoms with E-state index in [2.05, 4.69) is 67.3 Å². The molecule has 0 nitrogen and oxygen atoms in total. The van der Waals surface area contributed by atoms with Gasteiger partial charge in [-0.05, 0) is 98.1 Å². The largest absolute Gasteiger partial charge is 0.103 e. The zero-order chi connectivity index (χ0) is 18.5. The van der Waals surface area contributed by atoms with Crippen molar-refractivity contribution in [3.05, 3.63) is 72.8 Å². The Morgan fingerprint density at radius 3 is 1.81 bits per heavy atom. The molecule has 2 aromatic rings. The Morgan fingerprint density at radius 2 is 1.22 bits per heavy atom. The Bertz CT molecular complexity index is 695. The van der Waals surface area contributed by atoms with Crippen LogP contribution in [0.15, 0.2) is 67.3 Å². The van der Waals surface area contributed by atoms with E-state index >= 15 is 0 Å². The van der Waals surface area contributed by atoms with Crippen LogP contribution in [0.25, 0.3) is 11.1 Å². The first-order valence-electron chi connectivity index (χ1n) is 11.1. The summed E-state index contributed by atoms with van der Waals surface area (Å²) in [4.78, 5) is 0. The van der Waals surface area contributed by atoms with Gasteiger partial charge in [0.2, 0.25) is 0 Å². The highest BCUT2D eigenvalue weighted by Gasteiger charge is 2.30. The summed E-state index contributed by atoms with van der Waals surface area (Å²) in [5, 5.41) is 0. The van der Waals surface area contributed by atoms with Crippen molar-refractivity contribution in [1.29, 1.82) is 0 Å². The maximum absolute atomic E-state index is 3.92. The first-order valence-corrected chi connectivity index (χ1v) is 11.1. The summed E-state index contributed by atoms with van der Waals surface area (Å²) in [6.07, 6.45) is 14.9. The van der Waals surface area contributed by atoms with Gasteiger partial charge in [-0.25, -0.2) is 0 Å². The third-order valence-corrected chi connectivity index (χ3v) is 7.32. The molecule has 0 amide bonds. The maximum Gasteiger partial charge on any atom is -0.0162 e. The molecule has 0 saturated heterocycles. The SMILES string of the molecule is C=CC[C@H]1CC[C@H](C2CCC(c3ccc(-c4ccccc4)cc3)CC2)CC1. The molecule has 2 saturated carbocycles. The molecule has 0 N–H and O–H groups in total. The van der Waals surface area contributed by atoms with E-state index in [0.717, 1.165) is 23.7 Å². The highest BCUT2D eigenvalue weighted by molar-refractivity contribution is 5.63. The fourth-order valence-corrected chi connectivity index (χ4v) is 5.63. The van der Waals surface area contributed by atoms with E-state index in [1.807, 2.05) is 0 Å². The number of benzene rings is 2. The second-order valence-corrected chi connectivity index (χ2v) is 8.90. The summed E-state index contributed by atoms with van der Waals surface area (Å²) < 4.78 is 0. The molecule has 142 valence electrons. The van der Waals surface area contributed by atoms with Crippen LogP contribution in [0.4, 0.5) is 0 Å². The summed E-state index contributed by atoms with van der Waals surface area (Å²) in [7, 11) is 0. The highest BCUT2D eigenvalue weighted by atomic mass is 14.4. The predicted octanol–water partition coefficient (Wildman–Crippen LogP) is 8.01. The van der Waals surface area contributed by atoms with Crippen molar-refractivity contribution in [3.63, 3.8) is 0 Å². The van der Waals surface area contributed by atoms with Crippen LogP contribution in [0.3, 0.4) is 0 Å². The molecule has 2 aromatic carbocycles. The molecule has 0 aromatic heterocycles. The van der Waals surface area contributed by atoms with Gasteiger partial charge in [0.05, 0.1) is 0 Å². The Labute approximate surface area is 165 Å². The van der Waals surface area contributed by atoms with E-state index in [1.54, 1.807) is 5.56 Å². The van der Waals surface area contributed by atoms with Crippen LogP contribution >= 0.6 is 0 Å². The zero-order valence-corrected chi connectivity index (χ0v) is 16.7. The van der Waals surface area contributed by atoms with Crippen LogP contribution in [0.2, 0.25) is 0 Å². The van der Waals surface area contributed by atoms with E-state index in [9.17, 15) is 0 Å². The van der Waals surface area contributed by atoms with Gasteiger partial charge in [0.25, 0.3) is 0 Å². The summed E-state index contributed by atoms with van der Waals surface area (Å²) in [5.41, 5.74) is 4.21. The van der Waals surface area contributed by atoms with E-state index in [1.165, 1.54) is 68.9 Å². The van der Waals surface area contributed by atoms with Gasteiger partial charge in [-0.15, -0.1) is 6.58 Å². The quantitative estimate of drug-likeness (QED) is 0.475. The van der Waals surface area contributed by atoms with Crippen LogP contribution in [0.5, 0.6) is 0 Å². The fourth-order valence-electron chi connectivity index (χ4n) is 5.63. The van der Waals surface area contributed by atoms with Gasteiger partial charge < -0.3 is 0 Å². The van der Waals surface area contributed by atoms with Gasteiger partial charge in [-0.1, -0.05) is 60.7 Å². The molecule has 0 unspecified atom stereocenters. The molecule has 0 atom stereocenters. The molecular formula is C27H34. The van der Waals surface area contributed by atoms with Gasteiger partial charge in [-0.3, -0.25) is 0 Å². The molecule has 4 rings (SSSR count). The highest BCUT2D eigenvalue weighted by Crippen LogP contribution is 2.44. The molecule has 27 heavy (non-hydrogen) atoms. The van der Waals surface area contributed by atoms with E-state index in [4.69, 9.17) is 0 Å². The monoisotopic (exact) mass is 358 g/mol. The van der Waals surface area contributed by atoms with Crippen LogP contribution in [-0.2, 0) is 0 Å². The van der Waals surface area contributed by atoms with Crippen LogP contribution in [0.1, 0.15) is 69.3 Å². The third kappa shape index (κ3) is 4.54. The lowest BCUT2D eigenvalue weighted by Gasteiger charge is -2.38. The Kier molecular flexibility index (Phi) is 6.12. The first kappa shape index (κ1) is 18.5. The molecule has 0 bridgehead atoms. The van der Waals surface area contributed by atoms with Crippen molar-refractivity contribution in [2.24, 2.45) is 17.8 Å². The Hall–Kier alpha value is -1.82. The molecule has 2 fully saturated rings. The van der Waals surface area contributed by atoms with Crippen molar-refractivity contribution in [2.45, 2.75) is 63.7 Å². The summed E-state index contributed by atoms with van der Waals surface area (Å²) in [5.74, 6) is 3.71. The second kappa shape index (κ2) is 8.91. The first-order chi connectivity index (χ1) is 13.3. The molecular weight excluding hydrogens is 324 g/mol. The van der Waals surface area contributed by atoms with Gasteiger partial charge in [0, 0.05) is 0 Å². The predicted molar refractivity (Wildman–Crippen MR) is 117 cm³/mol. The second-order valence-electron chi connectivity index (χ2n) is 8.90. The number of rotatable bonds is 5. The fraction of sp³-hybridized carbons (Fsp3) is 0.481. The van der Waals surface area contributed by atoms with Crippen molar-refractivity contribution in [1.82, 2.24) is 0 Å². The van der Waals surface area contributed by atoms with Gasteiger partial charge in [-0.2, -0.15) is 0 Å².